The maximum atomic E-state index is 6.27. The van der Waals surface area contributed by atoms with Crippen LogP contribution in [0.4, 0.5) is 0 Å². The van der Waals surface area contributed by atoms with E-state index >= 15 is 0 Å². The van der Waals surface area contributed by atoms with Crippen LogP contribution in [0.3, 0.4) is 0 Å². The van der Waals surface area contributed by atoms with E-state index in [0.29, 0.717) is 13.0 Å². The van der Waals surface area contributed by atoms with Gasteiger partial charge in [-0.1, -0.05) is 45.7 Å². The summed E-state index contributed by atoms with van der Waals surface area (Å²) in [4.78, 5) is 0. The minimum Gasteiger partial charge on any atom is -0.494 e. The van der Waals surface area contributed by atoms with Crippen LogP contribution in [-0.2, 0) is 6.42 Å². The predicted octanol–water partition coefficient (Wildman–Crippen LogP) is 4.74. The molecular weight excluding hydrogens is 338 g/mol. The van der Waals surface area contributed by atoms with Gasteiger partial charge in [0, 0.05) is 15.5 Å². The molecule has 0 aromatic heterocycles. The van der Waals surface area contributed by atoms with Crippen LogP contribution in [0.25, 0.3) is 0 Å². The minimum atomic E-state index is -0.103. The van der Waals surface area contributed by atoms with Crippen LogP contribution in [0.2, 0.25) is 5.02 Å². The summed E-state index contributed by atoms with van der Waals surface area (Å²) in [6.07, 6.45) is 0.696. The molecule has 0 aliphatic carbocycles. The standard InChI is InChI=1S/C16H17BrClNO/c1-2-20-14-5-3-4-12(8-14)16(19)9-11-6-7-13(17)10-15(11)18/h3-8,10,16H,2,9,19H2,1H3. The molecule has 0 saturated heterocycles. The first kappa shape index (κ1) is 15.4. The molecule has 106 valence electrons. The van der Waals surface area contributed by atoms with Gasteiger partial charge >= 0.3 is 0 Å². The predicted molar refractivity (Wildman–Crippen MR) is 87.4 cm³/mol. The van der Waals surface area contributed by atoms with E-state index in [1.165, 1.54) is 0 Å². The van der Waals surface area contributed by atoms with Crippen molar-refractivity contribution in [1.29, 1.82) is 0 Å². The number of rotatable bonds is 5. The van der Waals surface area contributed by atoms with Crippen molar-refractivity contribution in [2.75, 3.05) is 6.61 Å². The summed E-state index contributed by atoms with van der Waals surface area (Å²) in [6, 6.07) is 13.7. The summed E-state index contributed by atoms with van der Waals surface area (Å²) < 4.78 is 6.47. The highest BCUT2D eigenvalue weighted by molar-refractivity contribution is 9.10. The van der Waals surface area contributed by atoms with Crippen LogP contribution < -0.4 is 10.5 Å². The van der Waals surface area contributed by atoms with Crippen molar-refractivity contribution < 1.29 is 4.74 Å². The van der Waals surface area contributed by atoms with Crippen LogP contribution in [0, 0.1) is 0 Å². The maximum absolute atomic E-state index is 6.27. The zero-order chi connectivity index (χ0) is 14.5. The van der Waals surface area contributed by atoms with Crippen molar-refractivity contribution in [3.8, 4) is 5.75 Å². The van der Waals surface area contributed by atoms with E-state index in [1.54, 1.807) is 0 Å². The van der Waals surface area contributed by atoms with Gasteiger partial charge in [0.25, 0.3) is 0 Å². The van der Waals surface area contributed by atoms with Crippen molar-refractivity contribution in [1.82, 2.24) is 0 Å². The molecule has 20 heavy (non-hydrogen) atoms. The number of nitrogens with two attached hydrogens (primary N) is 1. The Morgan fingerprint density at radius 3 is 2.75 bits per heavy atom. The lowest BCUT2D eigenvalue weighted by Gasteiger charge is -2.14. The number of benzene rings is 2. The second-order valence-electron chi connectivity index (χ2n) is 4.55. The van der Waals surface area contributed by atoms with E-state index in [9.17, 15) is 0 Å². The van der Waals surface area contributed by atoms with Gasteiger partial charge in [-0.15, -0.1) is 0 Å². The smallest absolute Gasteiger partial charge is 0.119 e. The summed E-state index contributed by atoms with van der Waals surface area (Å²) in [5.74, 6) is 0.849. The van der Waals surface area contributed by atoms with Gasteiger partial charge in [0.1, 0.15) is 5.75 Å². The largest absolute Gasteiger partial charge is 0.494 e. The average molecular weight is 355 g/mol. The van der Waals surface area contributed by atoms with Crippen LogP contribution in [0.15, 0.2) is 46.9 Å². The van der Waals surface area contributed by atoms with Crippen LogP contribution >= 0.6 is 27.5 Å². The SMILES string of the molecule is CCOc1cccc(C(N)Cc2ccc(Br)cc2Cl)c1. The number of hydrogen-bond donors (Lipinski definition) is 1. The fraction of sp³-hybridized carbons (Fsp3) is 0.250. The lowest BCUT2D eigenvalue weighted by molar-refractivity contribution is 0.339. The summed E-state index contributed by atoms with van der Waals surface area (Å²) in [7, 11) is 0. The quantitative estimate of drug-likeness (QED) is 0.841. The Kier molecular flexibility index (Phi) is 5.46. The van der Waals surface area contributed by atoms with Gasteiger partial charge in [-0.2, -0.15) is 0 Å². The third kappa shape index (κ3) is 3.98. The van der Waals surface area contributed by atoms with Crippen molar-refractivity contribution in [3.05, 3.63) is 63.1 Å². The zero-order valence-electron chi connectivity index (χ0n) is 11.3. The molecular formula is C16H17BrClNO. The number of halogens is 2. The lowest BCUT2D eigenvalue weighted by Crippen LogP contribution is -2.13. The topological polar surface area (TPSA) is 35.2 Å². The number of hydrogen-bond acceptors (Lipinski definition) is 2. The second-order valence-corrected chi connectivity index (χ2v) is 5.87. The molecule has 0 amide bonds. The van der Waals surface area contributed by atoms with Crippen molar-refractivity contribution in [3.63, 3.8) is 0 Å². The molecule has 0 bridgehead atoms. The van der Waals surface area contributed by atoms with Crippen LogP contribution in [0.5, 0.6) is 5.75 Å². The van der Waals surface area contributed by atoms with Gasteiger partial charge in [-0.25, -0.2) is 0 Å². The molecule has 0 fully saturated rings. The van der Waals surface area contributed by atoms with Gasteiger partial charge in [-0.05, 0) is 48.7 Å². The van der Waals surface area contributed by atoms with E-state index in [2.05, 4.69) is 15.9 Å². The van der Waals surface area contributed by atoms with Crippen molar-refractivity contribution >= 4 is 27.5 Å². The van der Waals surface area contributed by atoms with E-state index in [1.807, 2.05) is 49.4 Å². The third-order valence-corrected chi connectivity index (χ3v) is 3.90. The highest BCUT2D eigenvalue weighted by atomic mass is 79.9. The first-order chi connectivity index (χ1) is 9.60. The highest BCUT2D eigenvalue weighted by Crippen LogP contribution is 2.26. The molecule has 0 aliphatic rings. The van der Waals surface area contributed by atoms with Crippen molar-refractivity contribution in [2.24, 2.45) is 5.73 Å². The van der Waals surface area contributed by atoms with Gasteiger partial charge in [0.2, 0.25) is 0 Å². The second kappa shape index (κ2) is 7.11. The Morgan fingerprint density at radius 2 is 2.05 bits per heavy atom. The molecule has 2 rings (SSSR count). The zero-order valence-corrected chi connectivity index (χ0v) is 13.6. The maximum Gasteiger partial charge on any atom is 0.119 e. The molecule has 0 saturated carbocycles. The molecule has 1 atom stereocenters. The monoisotopic (exact) mass is 353 g/mol. The molecule has 2 aromatic rings. The Bertz CT molecular complexity index is 588. The molecule has 0 heterocycles. The summed E-state index contributed by atoms with van der Waals surface area (Å²) >= 11 is 9.63. The van der Waals surface area contributed by atoms with E-state index < -0.39 is 0 Å². The molecule has 0 radical (unpaired) electrons. The highest BCUT2D eigenvalue weighted by Gasteiger charge is 2.10. The summed E-state index contributed by atoms with van der Waals surface area (Å²) in [6.45, 7) is 2.62. The fourth-order valence-electron chi connectivity index (χ4n) is 2.04. The Labute approximate surface area is 133 Å². The fourth-order valence-corrected chi connectivity index (χ4v) is 2.79. The molecule has 1 unspecified atom stereocenters. The third-order valence-electron chi connectivity index (χ3n) is 3.05. The molecule has 2 aromatic carbocycles. The normalized spacial score (nSPS) is 12.2. The average Bonchev–Trinajstić information content (AvgIpc) is 2.42. The van der Waals surface area contributed by atoms with Crippen molar-refractivity contribution in [2.45, 2.75) is 19.4 Å². The van der Waals surface area contributed by atoms with Crippen LogP contribution in [0.1, 0.15) is 24.1 Å². The summed E-state index contributed by atoms with van der Waals surface area (Å²) in [5.41, 5.74) is 8.37. The molecule has 2 nitrogen and oxygen atoms in total. The van der Waals surface area contributed by atoms with Crippen LogP contribution in [-0.4, -0.2) is 6.61 Å². The summed E-state index contributed by atoms with van der Waals surface area (Å²) in [5, 5.41) is 0.732. The molecule has 4 heteroatoms. The van der Waals surface area contributed by atoms with Gasteiger partial charge in [0.15, 0.2) is 0 Å². The van der Waals surface area contributed by atoms with E-state index in [-0.39, 0.29) is 6.04 Å². The Hall–Kier alpha value is -1.03. The number of ether oxygens (including phenoxy) is 1. The Balaban J connectivity index is 2.15. The first-order valence-electron chi connectivity index (χ1n) is 6.52. The first-order valence-corrected chi connectivity index (χ1v) is 7.69. The van der Waals surface area contributed by atoms with Gasteiger partial charge in [0.05, 0.1) is 6.61 Å². The lowest BCUT2D eigenvalue weighted by atomic mass is 9.99. The van der Waals surface area contributed by atoms with Gasteiger partial charge in [-0.3, -0.25) is 0 Å². The van der Waals surface area contributed by atoms with E-state index in [0.717, 1.165) is 26.4 Å². The Morgan fingerprint density at radius 1 is 1.25 bits per heavy atom. The molecule has 0 spiro atoms. The minimum absolute atomic E-state index is 0.103. The molecule has 2 N–H and O–H groups in total. The molecule has 0 aliphatic heterocycles. The van der Waals surface area contributed by atoms with E-state index in [4.69, 9.17) is 22.1 Å². The van der Waals surface area contributed by atoms with Gasteiger partial charge < -0.3 is 10.5 Å².